The maximum absolute atomic E-state index is 17.5. The van der Waals surface area contributed by atoms with Crippen molar-refractivity contribution in [2.75, 3.05) is 58.1 Å². The third-order valence-corrected chi connectivity index (χ3v) is 11.3. The minimum absolute atomic E-state index is 0.0632. The van der Waals surface area contributed by atoms with Crippen LogP contribution in [0.25, 0.3) is 32.9 Å². The number of aromatic nitrogens is 3. The lowest BCUT2D eigenvalue weighted by molar-refractivity contribution is -0.340. The largest absolute Gasteiger partial charge is 0.522 e. The first-order valence-electron chi connectivity index (χ1n) is 19.2. The number of nitrogens with zero attached hydrogens (tertiary/aromatic N) is 6. The van der Waals surface area contributed by atoms with Crippen LogP contribution in [0, 0.1) is 24.0 Å². The van der Waals surface area contributed by atoms with Gasteiger partial charge in [0.15, 0.2) is 12.6 Å². The molecule has 0 radical (unpaired) electrons. The van der Waals surface area contributed by atoms with E-state index < -0.39 is 41.3 Å². The Morgan fingerprint density at radius 2 is 1.84 bits per heavy atom. The first-order valence-corrected chi connectivity index (χ1v) is 19.2. The first-order chi connectivity index (χ1) is 27.6. The van der Waals surface area contributed by atoms with Gasteiger partial charge in [0.25, 0.3) is 0 Å². The number of hydrogen-bond donors (Lipinski definition) is 0. The molecule has 0 spiro atoms. The number of alkyl halides is 3. The van der Waals surface area contributed by atoms with Crippen LogP contribution in [0.15, 0.2) is 24.3 Å². The number of piperazine rings is 1. The van der Waals surface area contributed by atoms with Crippen LogP contribution in [0.3, 0.4) is 0 Å². The number of pyridine rings is 1. The number of anilines is 1. The Balaban J connectivity index is 1.25. The van der Waals surface area contributed by atoms with Gasteiger partial charge in [-0.3, -0.25) is 9.64 Å². The number of aryl methyl sites for hydroxylation is 1. The van der Waals surface area contributed by atoms with Crippen LogP contribution < -0.4 is 14.4 Å². The standard InChI is InChI=1S/C41H43F5N6O6/c1-6-27-29(42)10-8-23-16-25(56-22-54-5)17-28(31(23)27)34-33(43)35-32-30(47-34)11-9-24-19-50(38(53)58-39(2,3)4)14-15-52(24)36(32)49-37(48-35)55-21-40-12-7-13-51(40)20-26(18-40)57-41(44,45)46/h1,8,10,16-17,24,26H,7,9,11-15,18-22H2,2-5H3/t24-,26+,40+/m1/s1. The van der Waals surface area contributed by atoms with Crippen LogP contribution in [-0.4, -0.2) is 114 Å². The van der Waals surface area contributed by atoms with E-state index in [0.29, 0.717) is 60.4 Å². The molecule has 0 bridgehead atoms. The molecule has 0 aliphatic carbocycles. The van der Waals surface area contributed by atoms with Gasteiger partial charge in [0.1, 0.15) is 40.8 Å². The van der Waals surface area contributed by atoms with Crippen molar-refractivity contribution in [3.05, 3.63) is 47.2 Å². The van der Waals surface area contributed by atoms with Crippen molar-refractivity contribution in [2.45, 2.75) is 82.5 Å². The van der Waals surface area contributed by atoms with Crippen LogP contribution in [0.5, 0.6) is 11.8 Å². The number of amides is 1. The predicted molar refractivity (Wildman–Crippen MR) is 202 cm³/mol. The van der Waals surface area contributed by atoms with Gasteiger partial charge < -0.3 is 28.7 Å². The van der Waals surface area contributed by atoms with Gasteiger partial charge in [-0.1, -0.05) is 12.0 Å². The summed E-state index contributed by atoms with van der Waals surface area (Å²) in [6.07, 6.45) is 1.73. The zero-order valence-corrected chi connectivity index (χ0v) is 32.5. The molecule has 3 atom stereocenters. The molecule has 308 valence electrons. The second-order valence-corrected chi connectivity index (χ2v) is 16.2. The molecule has 3 saturated heterocycles. The number of ether oxygens (including phenoxy) is 5. The normalized spacial score (nSPS) is 22.1. The Morgan fingerprint density at radius 3 is 2.59 bits per heavy atom. The van der Waals surface area contributed by atoms with Crippen molar-refractivity contribution in [1.29, 1.82) is 0 Å². The molecule has 58 heavy (non-hydrogen) atoms. The van der Waals surface area contributed by atoms with Crippen LogP contribution >= 0.6 is 0 Å². The number of hydrogen-bond acceptors (Lipinski definition) is 11. The minimum atomic E-state index is -4.78. The second kappa shape index (κ2) is 15.0. The lowest BCUT2D eigenvalue weighted by Gasteiger charge is -2.41. The summed E-state index contributed by atoms with van der Waals surface area (Å²) in [6, 6.07) is 5.44. The molecule has 1 amide bonds. The quantitative estimate of drug-likeness (QED) is 0.104. The average molecular weight is 811 g/mol. The lowest BCUT2D eigenvalue weighted by Crippen LogP contribution is -2.55. The SMILES string of the molecule is C#Cc1c(F)ccc2cc(OCOC)cc(-c3nc4c5c(nc(OC[C@@]67CCCN6C[C@@H](OC(F)(F)F)C7)nc5c3F)N3CCN(C(=O)OC(C)(C)C)C[C@H]3CC4)c12. The number of benzene rings is 2. The summed E-state index contributed by atoms with van der Waals surface area (Å²) in [5.74, 6) is 1.53. The Hall–Kier alpha value is -5.05. The van der Waals surface area contributed by atoms with Gasteiger partial charge in [-0.05, 0) is 83.0 Å². The van der Waals surface area contributed by atoms with E-state index in [-0.39, 0.29) is 79.2 Å². The van der Waals surface area contributed by atoms with E-state index in [1.54, 1.807) is 31.7 Å². The van der Waals surface area contributed by atoms with Crippen molar-refractivity contribution in [3.63, 3.8) is 0 Å². The van der Waals surface area contributed by atoms with Gasteiger partial charge in [0.05, 0.1) is 28.3 Å². The van der Waals surface area contributed by atoms with E-state index in [0.717, 1.165) is 6.42 Å². The fourth-order valence-electron chi connectivity index (χ4n) is 8.90. The Morgan fingerprint density at radius 1 is 1.03 bits per heavy atom. The molecule has 6 heterocycles. The molecule has 8 rings (SSSR count). The number of carbonyl (C=O) groups is 1. The number of rotatable bonds is 8. The van der Waals surface area contributed by atoms with Gasteiger partial charge in [-0.2, -0.15) is 9.97 Å². The molecule has 4 aliphatic heterocycles. The van der Waals surface area contributed by atoms with Crippen LogP contribution in [-0.2, 0) is 20.6 Å². The van der Waals surface area contributed by atoms with Crippen LogP contribution in [0.4, 0.5) is 32.6 Å². The molecule has 17 heteroatoms. The number of terminal acetylenes is 1. The summed E-state index contributed by atoms with van der Waals surface area (Å²) >= 11 is 0. The van der Waals surface area contributed by atoms with Crippen molar-refractivity contribution in [1.82, 2.24) is 24.8 Å². The zero-order valence-electron chi connectivity index (χ0n) is 32.5. The fourth-order valence-corrected chi connectivity index (χ4v) is 8.90. The highest BCUT2D eigenvalue weighted by molar-refractivity contribution is 6.03. The number of fused-ring (bicyclic) bond motifs is 4. The maximum atomic E-state index is 17.5. The van der Waals surface area contributed by atoms with E-state index in [1.807, 2.05) is 9.80 Å². The molecule has 0 N–H and O–H groups in total. The topological polar surface area (TPSA) is 112 Å². The molecule has 12 nitrogen and oxygen atoms in total. The molecule has 2 aromatic heterocycles. The Labute approximate surface area is 331 Å². The van der Waals surface area contributed by atoms with E-state index in [2.05, 4.69) is 15.6 Å². The Kier molecular flexibility index (Phi) is 10.3. The van der Waals surface area contributed by atoms with Gasteiger partial charge in [0, 0.05) is 50.3 Å². The smallest absolute Gasteiger partial charge is 0.468 e. The molecular weight excluding hydrogens is 767 g/mol. The van der Waals surface area contributed by atoms with Crippen molar-refractivity contribution < 1.29 is 50.4 Å². The summed E-state index contributed by atoms with van der Waals surface area (Å²) in [6.45, 7) is 6.75. The van der Waals surface area contributed by atoms with E-state index in [9.17, 15) is 18.0 Å². The molecule has 4 aliphatic rings. The summed E-state index contributed by atoms with van der Waals surface area (Å²) < 4.78 is 99.8. The fraction of sp³-hybridized carbons (Fsp3) is 0.512. The molecular formula is C41H43F5N6O6. The van der Waals surface area contributed by atoms with Gasteiger partial charge in [-0.15, -0.1) is 19.6 Å². The monoisotopic (exact) mass is 810 g/mol. The van der Waals surface area contributed by atoms with Crippen molar-refractivity contribution >= 4 is 33.6 Å². The van der Waals surface area contributed by atoms with Gasteiger partial charge >= 0.3 is 18.5 Å². The third kappa shape index (κ3) is 7.53. The zero-order chi connectivity index (χ0) is 41.1. The predicted octanol–water partition coefficient (Wildman–Crippen LogP) is 6.98. The third-order valence-electron chi connectivity index (χ3n) is 11.3. The molecule has 0 saturated carbocycles. The van der Waals surface area contributed by atoms with Crippen molar-refractivity contribution in [3.8, 4) is 35.4 Å². The average Bonchev–Trinajstić information content (AvgIpc) is 3.65. The van der Waals surface area contributed by atoms with Gasteiger partial charge in [0.2, 0.25) is 0 Å². The van der Waals surface area contributed by atoms with Crippen LogP contribution in [0.2, 0.25) is 0 Å². The molecule has 4 aromatic rings. The highest BCUT2D eigenvalue weighted by atomic mass is 19.4. The highest BCUT2D eigenvalue weighted by Gasteiger charge is 2.52. The first kappa shape index (κ1) is 39.8. The molecule has 2 aromatic carbocycles. The molecule has 3 fully saturated rings. The number of carbonyl (C=O) groups excluding carboxylic acids is 1. The number of methoxy groups -OCH3 is 1. The van der Waals surface area contributed by atoms with Crippen molar-refractivity contribution in [2.24, 2.45) is 0 Å². The lowest BCUT2D eigenvalue weighted by atomic mass is 9.94. The summed E-state index contributed by atoms with van der Waals surface area (Å²) in [4.78, 5) is 33.2. The molecule has 0 unspecified atom stereocenters. The van der Waals surface area contributed by atoms with E-state index in [4.69, 9.17) is 35.3 Å². The summed E-state index contributed by atoms with van der Waals surface area (Å²) in [7, 11) is 1.45. The highest BCUT2D eigenvalue weighted by Crippen LogP contribution is 2.44. The maximum Gasteiger partial charge on any atom is 0.522 e. The number of halogens is 5. The summed E-state index contributed by atoms with van der Waals surface area (Å²) in [5.41, 5.74) is -1.22. The summed E-state index contributed by atoms with van der Waals surface area (Å²) in [5, 5.41) is 1.07. The minimum Gasteiger partial charge on any atom is -0.468 e. The van der Waals surface area contributed by atoms with Crippen LogP contribution in [0.1, 0.15) is 57.7 Å². The van der Waals surface area contributed by atoms with E-state index >= 15 is 8.78 Å². The van der Waals surface area contributed by atoms with E-state index in [1.165, 1.54) is 25.3 Å². The Bertz CT molecular complexity index is 2310. The van der Waals surface area contributed by atoms with Gasteiger partial charge in [-0.25, -0.2) is 18.6 Å². The second-order valence-electron chi connectivity index (χ2n) is 16.2.